The van der Waals surface area contributed by atoms with Crippen molar-refractivity contribution >= 4 is 34.8 Å². The first-order chi connectivity index (χ1) is 18.2. The fraction of sp³-hybridized carbons (Fsp3) is 0.480. The number of carbonyl (C=O) groups is 1. The zero-order chi connectivity index (χ0) is 28.3. The highest BCUT2D eigenvalue weighted by atomic mass is 35.5. The number of aliphatic hydroxyl groups is 1. The van der Waals surface area contributed by atoms with Gasteiger partial charge in [-0.2, -0.15) is 23.4 Å². The van der Waals surface area contributed by atoms with Gasteiger partial charge < -0.3 is 21.5 Å². The first-order valence-corrected chi connectivity index (χ1v) is 12.8. The Morgan fingerprint density at radius 2 is 1.85 bits per heavy atom. The second kappa shape index (κ2) is 9.70. The molecular weight excluding hydrogens is 542 g/mol. The number of nitrogens with two attached hydrogens (primary N) is 1. The first kappa shape index (κ1) is 27.3. The molecule has 5 rings (SSSR count). The van der Waals surface area contributed by atoms with Crippen molar-refractivity contribution in [1.82, 2.24) is 19.6 Å². The molecule has 3 aromatic rings. The third-order valence-electron chi connectivity index (χ3n) is 7.80. The maximum Gasteiger partial charge on any atom is 0.435 e. The molecule has 2 aromatic heterocycles. The molecule has 0 bridgehead atoms. The lowest BCUT2D eigenvalue weighted by molar-refractivity contribution is -0.141. The van der Waals surface area contributed by atoms with Crippen molar-refractivity contribution in [3.63, 3.8) is 0 Å². The van der Waals surface area contributed by atoms with Crippen LogP contribution in [0, 0.1) is 17.7 Å². The maximum atomic E-state index is 13.5. The fourth-order valence-electron chi connectivity index (χ4n) is 6.01. The zero-order valence-corrected chi connectivity index (χ0v) is 21.9. The molecule has 2 atom stereocenters. The molecule has 0 saturated heterocycles. The van der Waals surface area contributed by atoms with E-state index >= 15 is 0 Å². The molecule has 39 heavy (non-hydrogen) atoms. The predicted molar refractivity (Wildman–Crippen MR) is 137 cm³/mol. The quantitative estimate of drug-likeness (QED) is 0.323. The number of amides is 1. The smallest absolute Gasteiger partial charge is 0.388 e. The van der Waals surface area contributed by atoms with E-state index < -0.39 is 29.2 Å². The van der Waals surface area contributed by atoms with Gasteiger partial charge in [0.05, 0.1) is 16.3 Å². The third kappa shape index (κ3) is 5.29. The normalized spacial score (nSPS) is 24.7. The Balaban J connectivity index is 1.25. The zero-order valence-electron chi connectivity index (χ0n) is 21.2. The molecular formula is C25H28ClF4N7O2. The van der Waals surface area contributed by atoms with Gasteiger partial charge in [-0.15, -0.1) is 0 Å². The van der Waals surface area contributed by atoms with Gasteiger partial charge in [-0.1, -0.05) is 11.6 Å². The third-order valence-corrected chi connectivity index (χ3v) is 8.09. The molecule has 0 spiro atoms. The summed E-state index contributed by atoms with van der Waals surface area (Å²) in [5, 5.41) is 24.7. The van der Waals surface area contributed by atoms with Crippen molar-refractivity contribution in [1.29, 1.82) is 0 Å². The largest absolute Gasteiger partial charge is 0.435 e. The van der Waals surface area contributed by atoms with Crippen LogP contribution in [0.15, 0.2) is 24.3 Å². The summed E-state index contributed by atoms with van der Waals surface area (Å²) in [6.07, 6.45) is -2.27. The van der Waals surface area contributed by atoms with E-state index in [1.54, 1.807) is 7.05 Å². The lowest BCUT2D eigenvalue weighted by Gasteiger charge is -2.25. The Morgan fingerprint density at radius 3 is 2.44 bits per heavy atom. The maximum absolute atomic E-state index is 13.5. The lowest BCUT2D eigenvalue weighted by atomic mass is 9.91. The summed E-state index contributed by atoms with van der Waals surface area (Å²) >= 11 is 5.83. The summed E-state index contributed by atoms with van der Waals surface area (Å²) in [4.78, 5) is 13.2. The summed E-state index contributed by atoms with van der Waals surface area (Å²) in [5.41, 5.74) is 5.24. The minimum Gasteiger partial charge on any atom is -0.388 e. The summed E-state index contributed by atoms with van der Waals surface area (Å²) in [5.74, 6) is -0.482. The average Bonchev–Trinajstić information content (AvgIpc) is 3.56. The van der Waals surface area contributed by atoms with E-state index in [0.717, 1.165) is 16.8 Å². The highest BCUT2D eigenvalue weighted by molar-refractivity contribution is 6.31. The van der Waals surface area contributed by atoms with E-state index in [-0.39, 0.29) is 46.5 Å². The van der Waals surface area contributed by atoms with Crippen LogP contribution in [0.5, 0.6) is 0 Å². The average molecular weight is 570 g/mol. The van der Waals surface area contributed by atoms with Crippen molar-refractivity contribution < 1.29 is 27.5 Å². The number of carbonyl (C=O) groups excluding carboxylic acids is 1. The van der Waals surface area contributed by atoms with E-state index in [0.29, 0.717) is 37.1 Å². The monoisotopic (exact) mass is 569 g/mol. The second-order valence-corrected chi connectivity index (χ2v) is 11.0. The lowest BCUT2D eigenvalue weighted by Crippen LogP contribution is -2.35. The number of nitrogens with zero attached hydrogens (tertiary/aromatic N) is 4. The van der Waals surface area contributed by atoms with Crippen LogP contribution in [-0.4, -0.2) is 42.7 Å². The molecule has 14 heteroatoms. The van der Waals surface area contributed by atoms with Gasteiger partial charge in [0, 0.05) is 38.3 Å². The number of fused-ring (bicyclic) bond motifs is 1. The molecule has 0 radical (unpaired) electrons. The Kier molecular flexibility index (Phi) is 6.78. The van der Waals surface area contributed by atoms with Gasteiger partial charge in [-0.3, -0.25) is 14.2 Å². The summed E-state index contributed by atoms with van der Waals surface area (Å²) in [6.45, 7) is 0.0892. The Labute approximate surface area is 226 Å². The number of hydrogen-bond donors (Lipinski definition) is 4. The van der Waals surface area contributed by atoms with Crippen LogP contribution in [0.3, 0.4) is 0 Å². The molecule has 2 aliphatic carbocycles. The standard InChI is InChI=1S/C25H28ClF4N7O2/c1-36-19(8-18(34-36)25(28,29)30)32-11-24(39)9-13-5-12(6-14(13)10-24)21-20(22(31)37(2)35-21)23(38)33-15-3-4-17(27)16(26)7-15/h3-4,7-8,12-14,32,39H,5-6,9-11,31H2,1-2H3,(H,33,38). The molecule has 2 fully saturated rings. The number of aromatic nitrogens is 4. The number of anilines is 3. The fourth-order valence-corrected chi connectivity index (χ4v) is 6.19. The number of benzene rings is 1. The van der Waals surface area contributed by atoms with E-state index in [9.17, 15) is 27.5 Å². The molecule has 2 saturated carbocycles. The highest BCUT2D eigenvalue weighted by Crippen LogP contribution is 2.54. The Bertz CT molecular complexity index is 1410. The minimum absolute atomic E-state index is 0.0648. The number of alkyl halides is 3. The van der Waals surface area contributed by atoms with Crippen molar-refractivity contribution in [2.24, 2.45) is 25.9 Å². The number of nitrogens with one attached hydrogen (secondary N) is 2. The summed E-state index contributed by atoms with van der Waals surface area (Å²) < 4.78 is 55.0. The van der Waals surface area contributed by atoms with Gasteiger partial charge in [0.2, 0.25) is 0 Å². The summed E-state index contributed by atoms with van der Waals surface area (Å²) in [7, 11) is 3.06. The van der Waals surface area contributed by atoms with E-state index in [2.05, 4.69) is 20.8 Å². The summed E-state index contributed by atoms with van der Waals surface area (Å²) in [6, 6.07) is 4.79. The Morgan fingerprint density at radius 1 is 1.18 bits per heavy atom. The van der Waals surface area contributed by atoms with Gasteiger partial charge in [0.25, 0.3) is 5.91 Å². The van der Waals surface area contributed by atoms with Crippen LogP contribution in [0.2, 0.25) is 5.02 Å². The van der Waals surface area contributed by atoms with Crippen LogP contribution in [-0.2, 0) is 20.3 Å². The SMILES string of the molecule is Cn1nc(C(F)(F)F)cc1NCC1(O)CC2CC(c3nn(C)c(N)c3C(=O)Nc3ccc(F)c(Cl)c3)CC2C1. The molecule has 0 aliphatic heterocycles. The number of halogens is 5. The van der Waals surface area contributed by atoms with Gasteiger partial charge >= 0.3 is 6.18 Å². The van der Waals surface area contributed by atoms with Gasteiger partial charge in [0.1, 0.15) is 23.0 Å². The van der Waals surface area contributed by atoms with Gasteiger partial charge in [0.15, 0.2) is 5.69 Å². The molecule has 2 heterocycles. The van der Waals surface area contributed by atoms with Gasteiger partial charge in [-0.05, 0) is 55.7 Å². The van der Waals surface area contributed by atoms with Crippen LogP contribution >= 0.6 is 11.6 Å². The van der Waals surface area contributed by atoms with Crippen molar-refractivity contribution in [2.75, 3.05) is 22.9 Å². The Hall–Kier alpha value is -3.32. The van der Waals surface area contributed by atoms with Crippen molar-refractivity contribution in [2.45, 2.75) is 43.4 Å². The molecule has 2 unspecified atom stereocenters. The minimum atomic E-state index is -4.55. The van der Waals surface area contributed by atoms with Crippen LogP contribution in [0.1, 0.15) is 53.3 Å². The number of aryl methyl sites for hydroxylation is 2. The second-order valence-electron chi connectivity index (χ2n) is 10.6. The van der Waals surface area contributed by atoms with Crippen LogP contribution in [0.25, 0.3) is 0 Å². The molecule has 210 valence electrons. The van der Waals surface area contributed by atoms with Crippen LogP contribution < -0.4 is 16.4 Å². The van der Waals surface area contributed by atoms with Crippen LogP contribution in [0.4, 0.5) is 34.9 Å². The number of rotatable bonds is 6. The van der Waals surface area contributed by atoms with Crippen molar-refractivity contribution in [3.05, 3.63) is 52.1 Å². The molecule has 1 amide bonds. The predicted octanol–water partition coefficient (Wildman–Crippen LogP) is 4.55. The molecule has 1 aromatic carbocycles. The topological polar surface area (TPSA) is 123 Å². The van der Waals surface area contributed by atoms with E-state index in [4.69, 9.17) is 17.3 Å². The molecule has 2 aliphatic rings. The van der Waals surface area contributed by atoms with E-state index in [1.165, 1.54) is 23.9 Å². The molecule has 5 N–H and O–H groups in total. The number of nitrogen functional groups attached to an aromatic ring is 1. The van der Waals surface area contributed by atoms with Gasteiger partial charge in [-0.25, -0.2) is 4.39 Å². The van der Waals surface area contributed by atoms with Crippen molar-refractivity contribution in [3.8, 4) is 0 Å². The number of hydrogen-bond acceptors (Lipinski definition) is 6. The molecule has 9 nitrogen and oxygen atoms in total. The van der Waals surface area contributed by atoms with E-state index in [1.807, 2.05) is 0 Å². The first-order valence-electron chi connectivity index (χ1n) is 12.4. The highest BCUT2D eigenvalue weighted by Gasteiger charge is 2.50.